The van der Waals surface area contributed by atoms with E-state index < -0.39 is 0 Å². The van der Waals surface area contributed by atoms with Gasteiger partial charge in [0.05, 0.1) is 11.7 Å². The van der Waals surface area contributed by atoms with Gasteiger partial charge in [0, 0.05) is 32.0 Å². The van der Waals surface area contributed by atoms with Crippen LogP contribution >= 0.6 is 0 Å². The highest BCUT2D eigenvalue weighted by Gasteiger charge is 2.32. The van der Waals surface area contributed by atoms with Gasteiger partial charge in [-0.2, -0.15) is 0 Å². The molecule has 1 unspecified atom stereocenters. The van der Waals surface area contributed by atoms with Crippen LogP contribution in [0, 0.1) is 6.92 Å². The number of aromatic nitrogens is 2. The van der Waals surface area contributed by atoms with E-state index in [0.717, 1.165) is 43.0 Å². The van der Waals surface area contributed by atoms with E-state index in [9.17, 15) is 4.79 Å². The molecule has 1 atom stereocenters. The molecule has 0 N–H and O–H groups in total. The molecule has 0 radical (unpaired) electrons. The Hall–Kier alpha value is -1.53. The Balaban J connectivity index is 2.30. The topological polar surface area (TPSA) is 58.6 Å². The van der Waals surface area contributed by atoms with Crippen LogP contribution in [0.4, 0.5) is 0 Å². The number of hydrogen-bond donors (Lipinski definition) is 0. The van der Waals surface area contributed by atoms with Crippen LogP contribution in [0.15, 0.2) is 6.20 Å². The third-order valence-corrected chi connectivity index (χ3v) is 3.66. The summed E-state index contributed by atoms with van der Waals surface area (Å²) in [5.41, 5.74) is 2.07. The van der Waals surface area contributed by atoms with E-state index in [1.54, 1.807) is 7.11 Å². The van der Waals surface area contributed by atoms with Crippen molar-refractivity contribution in [1.29, 1.82) is 0 Å². The molecule has 1 aliphatic rings. The standard InChI is InChI=1S/C15H24N4O2/c1-11-16-8-12(9-18(2)3)15(17-11)13-6-5-7-19(13)14(20)10-21-4/h8,13H,5-7,9-10H2,1-4H3. The van der Waals surface area contributed by atoms with Crippen LogP contribution in [0.3, 0.4) is 0 Å². The van der Waals surface area contributed by atoms with E-state index in [1.807, 2.05) is 32.1 Å². The van der Waals surface area contributed by atoms with Crippen molar-refractivity contribution in [3.8, 4) is 0 Å². The van der Waals surface area contributed by atoms with Crippen LogP contribution in [0.25, 0.3) is 0 Å². The van der Waals surface area contributed by atoms with Gasteiger partial charge in [0.25, 0.3) is 0 Å². The minimum atomic E-state index is 0.0343. The monoisotopic (exact) mass is 292 g/mol. The number of methoxy groups -OCH3 is 1. The highest BCUT2D eigenvalue weighted by Crippen LogP contribution is 2.32. The first kappa shape index (κ1) is 15.9. The Morgan fingerprint density at radius 2 is 2.29 bits per heavy atom. The fraction of sp³-hybridized carbons (Fsp3) is 0.667. The molecule has 21 heavy (non-hydrogen) atoms. The molecule has 0 aliphatic carbocycles. The molecule has 2 rings (SSSR count). The van der Waals surface area contributed by atoms with Crippen LogP contribution in [0.1, 0.15) is 36.0 Å². The number of ether oxygens (including phenoxy) is 1. The molecule has 0 saturated carbocycles. The van der Waals surface area contributed by atoms with Crippen molar-refractivity contribution < 1.29 is 9.53 Å². The summed E-state index contributed by atoms with van der Waals surface area (Å²) in [4.78, 5) is 25.1. The maximum absolute atomic E-state index is 12.2. The molecule has 2 heterocycles. The van der Waals surface area contributed by atoms with Gasteiger partial charge in [-0.15, -0.1) is 0 Å². The summed E-state index contributed by atoms with van der Waals surface area (Å²) in [6.07, 6.45) is 3.84. The summed E-state index contributed by atoms with van der Waals surface area (Å²) in [7, 11) is 5.59. The number of hydrogen-bond acceptors (Lipinski definition) is 5. The fourth-order valence-corrected chi connectivity index (χ4v) is 2.82. The van der Waals surface area contributed by atoms with Gasteiger partial charge >= 0.3 is 0 Å². The van der Waals surface area contributed by atoms with Gasteiger partial charge < -0.3 is 14.5 Å². The van der Waals surface area contributed by atoms with Gasteiger partial charge in [0.2, 0.25) is 5.91 Å². The fourth-order valence-electron chi connectivity index (χ4n) is 2.82. The Kier molecular flexibility index (Phi) is 5.25. The summed E-state index contributed by atoms with van der Waals surface area (Å²) in [6.45, 7) is 3.57. The number of carbonyl (C=O) groups excluding carboxylic acids is 1. The second kappa shape index (κ2) is 6.95. The van der Waals surface area contributed by atoms with Crippen molar-refractivity contribution in [1.82, 2.24) is 19.8 Å². The molecule has 6 heteroatoms. The van der Waals surface area contributed by atoms with E-state index in [2.05, 4.69) is 14.9 Å². The number of nitrogens with zero attached hydrogens (tertiary/aromatic N) is 4. The normalized spacial score (nSPS) is 18.5. The SMILES string of the molecule is COCC(=O)N1CCCC1c1nc(C)ncc1CN(C)C. The highest BCUT2D eigenvalue weighted by molar-refractivity contribution is 5.78. The van der Waals surface area contributed by atoms with Crippen LogP contribution in [-0.2, 0) is 16.1 Å². The van der Waals surface area contributed by atoms with E-state index in [1.165, 1.54) is 0 Å². The smallest absolute Gasteiger partial charge is 0.249 e. The molecule has 1 saturated heterocycles. The first-order valence-corrected chi connectivity index (χ1v) is 7.28. The average Bonchev–Trinajstić information content (AvgIpc) is 2.89. The second-order valence-electron chi connectivity index (χ2n) is 5.74. The molecule has 0 aromatic carbocycles. The summed E-state index contributed by atoms with van der Waals surface area (Å²) < 4.78 is 4.99. The summed E-state index contributed by atoms with van der Waals surface area (Å²) in [5.74, 6) is 0.783. The summed E-state index contributed by atoms with van der Waals surface area (Å²) in [5, 5.41) is 0. The molecule has 1 aromatic heterocycles. The van der Waals surface area contributed by atoms with E-state index >= 15 is 0 Å². The molecule has 0 spiro atoms. The molecule has 6 nitrogen and oxygen atoms in total. The average molecular weight is 292 g/mol. The predicted molar refractivity (Wildman–Crippen MR) is 79.7 cm³/mol. The molecule has 116 valence electrons. The first-order valence-electron chi connectivity index (χ1n) is 7.28. The quantitative estimate of drug-likeness (QED) is 0.815. The number of likely N-dealkylation sites (tertiary alicyclic amines) is 1. The lowest BCUT2D eigenvalue weighted by atomic mass is 10.1. The first-order chi connectivity index (χ1) is 10.0. The molecule has 1 aromatic rings. The molecule has 1 fully saturated rings. The number of rotatable bonds is 5. The zero-order valence-corrected chi connectivity index (χ0v) is 13.3. The largest absolute Gasteiger partial charge is 0.375 e. The third-order valence-electron chi connectivity index (χ3n) is 3.66. The zero-order chi connectivity index (χ0) is 15.4. The van der Waals surface area contributed by atoms with E-state index in [0.29, 0.717) is 0 Å². The highest BCUT2D eigenvalue weighted by atomic mass is 16.5. The van der Waals surface area contributed by atoms with Crippen LogP contribution in [-0.4, -0.2) is 60.0 Å². The Morgan fingerprint density at radius 1 is 1.52 bits per heavy atom. The molecular weight excluding hydrogens is 268 g/mol. The molecule has 1 amide bonds. The number of aryl methyl sites for hydroxylation is 1. The van der Waals surface area contributed by atoms with Crippen LogP contribution in [0.2, 0.25) is 0 Å². The lowest BCUT2D eigenvalue weighted by Gasteiger charge is -2.26. The lowest BCUT2D eigenvalue weighted by Crippen LogP contribution is -2.34. The van der Waals surface area contributed by atoms with Gasteiger partial charge in [0.1, 0.15) is 12.4 Å². The van der Waals surface area contributed by atoms with E-state index in [4.69, 9.17) is 4.74 Å². The van der Waals surface area contributed by atoms with Crippen molar-refractivity contribution in [2.45, 2.75) is 32.4 Å². The van der Waals surface area contributed by atoms with Crippen molar-refractivity contribution in [3.05, 3.63) is 23.3 Å². The Bertz CT molecular complexity index is 504. The maximum atomic E-state index is 12.2. The maximum Gasteiger partial charge on any atom is 0.249 e. The predicted octanol–water partition coefficient (Wildman–Crippen LogP) is 1.16. The second-order valence-corrected chi connectivity index (χ2v) is 5.74. The molecule has 1 aliphatic heterocycles. The minimum absolute atomic E-state index is 0.0343. The number of amides is 1. The van der Waals surface area contributed by atoms with Crippen molar-refractivity contribution in [2.24, 2.45) is 0 Å². The molecular formula is C15H24N4O2. The van der Waals surface area contributed by atoms with Crippen LogP contribution < -0.4 is 0 Å². The van der Waals surface area contributed by atoms with E-state index in [-0.39, 0.29) is 18.6 Å². The minimum Gasteiger partial charge on any atom is -0.375 e. The van der Waals surface area contributed by atoms with Gasteiger partial charge in [-0.05, 0) is 33.9 Å². The Labute approximate surface area is 126 Å². The Morgan fingerprint density at radius 3 is 2.95 bits per heavy atom. The zero-order valence-electron chi connectivity index (χ0n) is 13.3. The van der Waals surface area contributed by atoms with Crippen LogP contribution in [0.5, 0.6) is 0 Å². The number of carbonyl (C=O) groups is 1. The van der Waals surface area contributed by atoms with Gasteiger partial charge in [-0.1, -0.05) is 0 Å². The van der Waals surface area contributed by atoms with Gasteiger partial charge in [-0.25, -0.2) is 9.97 Å². The lowest BCUT2D eigenvalue weighted by molar-refractivity contribution is -0.136. The van der Waals surface area contributed by atoms with Crippen molar-refractivity contribution in [3.63, 3.8) is 0 Å². The van der Waals surface area contributed by atoms with Gasteiger partial charge in [-0.3, -0.25) is 4.79 Å². The third kappa shape index (κ3) is 3.77. The van der Waals surface area contributed by atoms with Gasteiger partial charge in [0.15, 0.2) is 0 Å². The molecule has 0 bridgehead atoms. The summed E-state index contributed by atoms with van der Waals surface area (Å²) in [6, 6.07) is 0.0456. The van der Waals surface area contributed by atoms with Crippen molar-refractivity contribution in [2.75, 3.05) is 34.4 Å². The van der Waals surface area contributed by atoms with Crippen molar-refractivity contribution >= 4 is 5.91 Å². The summed E-state index contributed by atoms with van der Waals surface area (Å²) >= 11 is 0.